The molecule has 0 saturated carbocycles. The number of aromatic nitrogens is 4. The molecule has 2 aromatic heterocycles. The van der Waals surface area contributed by atoms with Crippen LogP contribution in [0.5, 0.6) is 0 Å². The predicted molar refractivity (Wildman–Crippen MR) is 88.4 cm³/mol. The average Bonchev–Trinajstić information content (AvgIpc) is 3.05. The van der Waals surface area contributed by atoms with Gasteiger partial charge in [0.25, 0.3) is 5.22 Å². The van der Waals surface area contributed by atoms with E-state index in [2.05, 4.69) is 20.2 Å². The Balaban J connectivity index is 1.69. The van der Waals surface area contributed by atoms with Gasteiger partial charge in [0.05, 0.1) is 5.52 Å². The number of halogens is 1. The molecule has 0 saturated heterocycles. The largest absolute Gasteiger partial charge is 0.411 e. The molecule has 0 radical (unpaired) electrons. The highest BCUT2D eigenvalue weighted by Gasteiger charge is 2.13. The maximum absolute atomic E-state index is 6.06. The van der Waals surface area contributed by atoms with Crippen molar-refractivity contribution >= 4 is 34.3 Å². The Morgan fingerprint density at radius 2 is 1.83 bits per heavy atom. The highest BCUT2D eigenvalue weighted by Crippen LogP contribution is 2.32. The first-order valence-electron chi connectivity index (χ1n) is 6.77. The SMILES string of the molecule is Clc1ccc2ncnc(Sc3nnc(-c4ccccc4)o3)c2c1. The molecule has 0 aliphatic carbocycles. The Kier molecular flexibility index (Phi) is 3.69. The lowest BCUT2D eigenvalue weighted by Gasteiger charge is -2.02. The fourth-order valence-electron chi connectivity index (χ4n) is 2.12. The maximum atomic E-state index is 6.06. The van der Waals surface area contributed by atoms with Gasteiger partial charge < -0.3 is 4.42 Å². The van der Waals surface area contributed by atoms with Gasteiger partial charge in [-0.15, -0.1) is 10.2 Å². The van der Waals surface area contributed by atoms with Crippen molar-refractivity contribution in [2.45, 2.75) is 10.2 Å². The monoisotopic (exact) mass is 340 g/mol. The number of nitrogens with zero attached hydrogens (tertiary/aromatic N) is 4. The molecule has 0 N–H and O–H groups in total. The lowest BCUT2D eigenvalue weighted by Crippen LogP contribution is -1.86. The Hall–Kier alpha value is -2.44. The average molecular weight is 341 g/mol. The van der Waals surface area contributed by atoms with Crippen molar-refractivity contribution in [1.29, 1.82) is 0 Å². The van der Waals surface area contributed by atoms with E-state index in [4.69, 9.17) is 16.0 Å². The molecule has 4 rings (SSSR count). The quantitative estimate of drug-likeness (QED) is 0.512. The summed E-state index contributed by atoms with van der Waals surface area (Å²) in [6, 6.07) is 15.1. The lowest BCUT2D eigenvalue weighted by atomic mass is 10.2. The summed E-state index contributed by atoms with van der Waals surface area (Å²) in [6.07, 6.45) is 1.51. The van der Waals surface area contributed by atoms with Crippen molar-refractivity contribution < 1.29 is 4.42 Å². The molecule has 112 valence electrons. The minimum Gasteiger partial charge on any atom is -0.411 e. The first kappa shape index (κ1) is 14.2. The molecule has 0 aliphatic heterocycles. The molecular formula is C16H9ClN4OS. The third-order valence-electron chi connectivity index (χ3n) is 3.17. The van der Waals surface area contributed by atoms with Gasteiger partial charge >= 0.3 is 0 Å². The number of benzene rings is 2. The summed E-state index contributed by atoms with van der Waals surface area (Å²) in [5.41, 5.74) is 1.69. The van der Waals surface area contributed by atoms with Gasteiger partial charge in [-0.2, -0.15) is 0 Å². The van der Waals surface area contributed by atoms with Crippen molar-refractivity contribution in [2.24, 2.45) is 0 Å². The van der Waals surface area contributed by atoms with E-state index in [1.165, 1.54) is 18.1 Å². The second-order valence-corrected chi connectivity index (χ2v) is 6.06. The Morgan fingerprint density at radius 3 is 2.70 bits per heavy atom. The van der Waals surface area contributed by atoms with Crippen molar-refractivity contribution in [3.8, 4) is 11.5 Å². The van der Waals surface area contributed by atoms with Crippen LogP contribution in [0.2, 0.25) is 5.02 Å². The number of hydrogen-bond acceptors (Lipinski definition) is 6. The Bertz CT molecular complexity index is 974. The lowest BCUT2D eigenvalue weighted by molar-refractivity contribution is 0.465. The topological polar surface area (TPSA) is 64.7 Å². The van der Waals surface area contributed by atoms with Gasteiger partial charge in [0.1, 0.15) is 11.4 Å². The molecule has 2 heterocycles. The summed E-state index contributed by atoms with van der Waals surface area (Å²) in [7, 11) is 0. The summed E-state index contributed by atoms with van der Waals surface area (Å²) < 4.78 is 5.70. The van der Waals surface area contributed by atoms with E-state index in [-0.39, 0.29) is 0 Å². The molecule has 0 atom stereocenters. The van der Waals surface area contributed by atoms with Crippen LogP contribution in [0.15, 0.2) is 69.5 Å². The molecule has 23 heavy (non-hydrogen) atoms. The van der Waals surface area contributed by atoms with E-state index in [0.717, 1.165) is 21.5 Å². The summed E-state index contributed by atoms with van der Waals surface area (Å²) in [6.45, 7) is 0. The smallest absolute Gasteiger partial charge is 0.283 e. The second kappa shape index (κ2) is 5.98. The van der Waals surface area contributed by atoms with E-state index in [1.807, 2.05) is 42.5 Å². The van der Waals surface area contributed by atoms with Gasteiger partial charge in [-0.25, -0.2) is 9.97 Å². The van der Waals surface area contributed by atoms with Crippen LogP contribution >= 0.6 is 23.4 Å². The fourth-order valence-corrected chi connectivity index (χ4v) is 3.03. The normalized spacial score (nSPS) is 11.0. The molecule has 0 unspecified atom stereocenters. The summed E-state index contributed by atoms with van der Waals surface area (Å²) in [5, 5.41) is 10.8. The Labute approximate surface area is 140 Å². The van der Waals surface area contributed by atoms with Crippen molar-refractivity contribution in [1.82, 2.24) is 20.2 Å². The van der Waals surface area contributed by atoms with Crippen LogP contribution in [0, 0.1) is 0 Å². The number of rotatable bonds is 3. The summed E-state index contributed by atoms with van der Waals surface area (Å²) in [4.78, 5) is 8.52. The van der Waals surface area contributed by atoms with Crippen LogP contribution in [0.4, 0.5) is 0 Å². The zero-order valence-corrected chi connectivity index (χ0v) is 13.3. The maximum Gasteiger partial charge on any atom is 0.283 e. The third kappa shape index (κ3) is 2.91. The van der Waals surface area contributed by atoms with Crippen LogP contribution in [0.1, 0.15) is 0 Å². The Morgan fingerprint density at radius 1 is 0.957 bits per heavy atom. The second-order valence-electron chi connectivity index (χ2n) is 4.68. The van der Waals surface area contributed by atoms with E-state index in [0.29, 0.717) is 16.1 Å². The molecule has 2 aromatic carbocycles. The number of hydrogen-bond donors (Lipinski definition) is 0. The highest BCUT2D eigenvalue weighted by atomic mass is 35.5. The molecule has 4 aromatic rings. The summed E-state index contributed by atoms with van der Waals surface area (Å²) >= 11 is 7.35. The standard InChI is InChI=1S/C16H9ClN4OS/c17-11-6-7-13-12(8-11)15(19-9-18-13)23-16-21-20-14(22-16)10-4-2-1-3-5-10/h1-9H. The minimum atomic E-state index is 0.420. The molecule has 5 nitrogen and oxygen atoms in total. The van der Waals surface area contributed by atoms with Gasteiger partial charge in [-0.1, -0.05) is 29.8 Å². The molecule has 0 aliphatic rings. The molecule has 7 heteroatoms. The molecule has 0 bridgehead atoms. The fraction of sp³-hybridized carbons (Fsp3) is 0. The number of fused-ring (bicyclic) bond motifs is 1. The van der Waals surface area contributed by atoms with Crippen LogP contribution in [-0.2, 0) is 0 Å². The van der Waals surface area contributed by atoms with E-state index < -0.39 is 0 Å². The van der Waals surface area contributed by atoms with Crippen molar-refractivity contribution in [2.75, 3.05) is 0 Å². The first-order valence-corrected chi connectivity index (χ1v) is 7.96. The van der Waals surface area contributed by atoms with Gasteiger partial charge in [0.15, 0.2) is 0 Å². The zero-order chi connectivity index (χ0) is 15.6. The van der Waals surface area contributed by atoms with Gasteiger partial charge in [-0.05, 0) is 42.1 Å². The predicted octanol–water partition coefficient (Wildman–Crippen LogP) is 4.48. The first-order chi connectivity index (χ1) is 11.3. The van der Waals surface area contributed by atoms with Gasteiger partial charge in [0, 0.05) is 16.0 Å². The van der Waals surface area contributed by atoms with Crippen LogP contribution in [0.25, 0.3) is 22.4 Å². The summed E-state index contributed by atoms with van der Waals surface area (Å²) in [5.74, 6) is 0.476. The van der Waals surface area contributed by atoms with Crippen LogP contribution in [-0.4, -0.2) is 20.2 Å². The van der Waals surface area contributed by atoms with Gasteiger partial charge in [0.2, 0.25) is 5.89 Å². The molecular weight excluding hydrogens is 332 g/mol. The van der Waals surface area contributed by atoms with E-state index in [9.17, 15) is 0 Å². The molecule has 0 spiro atoms. The van der Waals surface area contributed by atoms with Crippen molar-refractivity contribution in [3.05, 3.63) is 59.9 Å². The minimum absolute atomic E-state index is 0.420. The van der Waals surface area contributed by atoms with Gasteiger partial charge in [-0.3, -0.25) is 0 Å². The van der Waals surface area contributed by atoms with Crippen molar-refractivity contribution in [3.63, 3.8) is 0 Å². The van der Waals surface area contributed by atoms with E-state index in [1.54, 1.807) is 6.07 Å². The van der Waals surface area contributed by atoms with Crippen LogP contribution < -0.4 is 0 Å². The molecule has 0 fully saturated rings. The third-order valence-corrected chi connectivity index (χ3v) is 4.27. The highest BCUT2D eigenvalue weighted by molar-refractivity contribution is 7.99. The molecule has 0 amide bonds. The van der Waals surface area contributed by atoms with Crippen LogP contribution in [0.3, 0.4) is 0 Å². The zero-order valence-electron chi connectivity index (χ0n) is 11.7. The van der Waals surface area contributed by atoms with E-state index >= 15 is 0 Å².